The average molecular weight is 486 g/mol. The van der Waals surface area contributed by atoms with Crippen LogP contribution in [0.3, 0.4) is 0 Å². The Kier molecular flexibility index (Phi) is 8.41. The van der Waals surface area contributed by atoms with Crippen LogP contribution in [0, 0.1) is 5.92 Å². The smallest absolute Gasteiger partial charge is 0.319 e. The third-order valence-electron chi connectivity index (χ3n) is 5.34. The average Bonchev–Trinajstić information content (AvgIpc) is 3.25. The van der Waals surface area contributed by atoms with Crippen molar-refractivity contribution >= 4 is 45.7 Å². The number of benzene rings is 2. The van der Waals surface area contributed by atoms with Crippen molar-refractivity contribution in [3.63, 3.8) is 0 Å². The Morgan fingerprint density at radius 3 is 2.39 bits per heavy atom. The molecule has 7 nitrogen and oxygen atoms in total. The molecule has 3 rings (SSSR count). The van der Waals surface area contributed by atoms with Crippen molar-refractivity contribution in [3.05, 3.63) is 59.1 Å². The Bertz CT molecular complexity index is 1100. The normalized spacial score (nSPS) is 12.8. The van der Waals surface area contributed by atoms with E-state index in [1.54, 1.807) is 12.1 Å². The van der Waals surface area contributed by atoms with Gasteiger partial charge in [-0.05, 0) is 41.7 Å². The summed E-state index contributed by atoms with van der Waals surface area (Å²) < 4.78 is 0. The molecule has 2 aromatic carbocycles. The fraction of sp³-hybridized carbons (Fsp3) is 0.333. The van der Waals surface area contributed by atoms with Crippen molar-refractivity contribution in [3.8, 4) is 10.6 Å². The first-order chi connectivity index (χ1) is 15.8. The topological polar surface area (TPSA) is 96.0 Å². The Morgan fingerprint density at radius 1 is 1.03 bits per heavy atom. The minimum atomic E-state index is -0.733. The number of halogens is 1. The van der Waals surface area contributed by atoms with Crippen LogP contribution in [0.15, 0.2) is 48.5 Å². The lowest BCUT2D eigenvalue weighted by Gasteiger charge is -2.23. The molecule has 2 unspecified atom stereocenters. The summed E-state index contributed by atoms with van der Waals surface area (Å²) in [6.07, 6.45) is 0.714. The highest BCUT2D eigenvalue weighted by atomic mass is 35.5. The third-order valence-corrected chi connectivity index (χ3v) is 6.47. The maximum atomic E-state index is 13.0. The molecule has 0 radical (unpaired) electrons. The molecule has 0 saturated heterocycles. The van der Waals surface area contributed by atoms with Crippen LogP contribution in [0.25, 0.3) is 10.6 Å². The van der Waals surface area contributed by atoms with Crippen LogP contribution in [-0.4, -0.2) is 28.2 Å². The molecule has 0 spiro atoms. The molecule has 3 N–H and O–H groups in total. The van der Waals surface area contributed by atoms with E-state index >= 15 is 0 Å². The van der Waals surface area contributed by atoms with E-state index < -0.39 is 12.1 Å². The van der Waals surface area contributed by atoms with Crippen LogP contribution in [0.5, 0.6) is 0 Å². The van der Waals surface area contributed by atoms with E-state index in [2.05, 4.69) is 40.0 Å². The molecule has 0 aliphatic rings. The summed E-state index contributed by atoms with van der Waals surface area (Å²) in [4.78, 5) is 25.6. The lowest BCUT2D eigenvalue weighted by atomic mass is 9.98. The molecule has 1 aromatic heterocycles. The number of carbonyl (C=O) groups excluding carboxylic acids is 2. The fourth-order valence-electron chi connectivity index (χ4n) is 3.16. The summed E-state index contributed by atoms with van der Waals surface area (Å²) in [5.74, 6) is -0.0195. The first kappa shape index (κ1) is 24.7. The summed E-state index contributed by atoms with van der Waals surface area (Å²) in [6.45, 7) is 8.11. The van der Waals surface area contributed by atoms with Gasteiger partial charge in [0.05, 0.1) is 0 Å². The Morgan fingerprint density at radius 2 is 1.76 bits per heavy atom. The van der Waals surface area contributed by atoms with Crippen LogP contribution in [0.1, 0.15) is 45.6 Å². The summed E-state index contributed by atoms with van der Waals surface area (Å²) in [6, 6.07) is 13.8. The zero-order valence-electron chi connectivity index (χ0n) is 19.1. The van der Waals surface area contributed by atoms with Crippen molar-refractivity contribution in [1.29, 1.82) is 0 Å². The summed E-state index contributed by atoms with van der Waals surface area (Å²) in [5.41, 5.74) is 2.67. The molecule has 3 amide bonds. The maximum absolute atomic E-state index is 13.0. The molecule has 9 heteroatoms. The number of nitrogens with zero attached hydrogens (tertiary/aromatic N) is 2. The van der Waals surface area contributed by atoms with Gasteiger partial charge in [-0.25, -0.2) is 4.79 Å². The molecule has 174 valence electrons. The standard InChI is InChI=1S/C24H28ClN5O2S/c1-5-15(4)20(27-23(32)26-19-11-9-16(10-12-19)14(2)3)21(31)28-24-30-29-22(33-24)17-7-6-8-18(25)13-17/h6-15,20H,5H2,1-4H3,(H2,26,27,32)(H,28,30,31). The Hall–Kier alpha value is -2.97. The highest BCUT2D eigenvalue weighted by Crippen LogP contribution is 2.28. The second kappa shape index (κ2) is 11.2. The van der Waals surface area contributed by atoms with E-state index in [0.29, 0.717) is 33.2 Å². The molecule has 0 bridgehead atoms. The zero-order valence-corrected chi connectivity index (χ0v) is 20.6. The van der Waals surface area contributed by atoms with Gasteiger partial charge in [0.1, 0.15) is 11.0 Å². The van der Waals surface area contributed by atoms with Crippen molar-refractivity contribution in [2.24, 2.45) is 5.92 Å². The fourth-order valence-corrected chi connectivity index (χ4v) is 4.09. The molecule has 0 aliphatic carbocycles. The summed E-state index contributed by atoms with van der Waals surface area (Å²) in [5, 5.41) is 18.2. The van der Waals surface area contributed by atoms with Crippen LogP contribution >= 0.6 is 22.9 Å². The second-order valence-electron chi connectivity index (χ2n) is 8.15. The van der Waals surface area contributed by atoms with E-state index in [4.69, 9.17) is 11.6 Å². The van der Waals surface area contributed by atoms with Crippen molar-refractivity contribution in [2.45, 2.75) is 46.1 Å². The van der Waals surface area contributed by atoms with Crippen LogP contribution < -0.4 is 16.0 Å². The Balaban J connectivity index is 1.65. The molecular formula is C24H28ClN5O2S. The van der Waals surface area contributed by atoms with Crippen molar-refractivity contribution in [2.75, 3.05) is 10.6 Å². The molecule has 3 aromatic rings. The van der Waals surface area contributed by atoms with Crippen LogP contribution in [0.2, 0.25) is 5.02 Å². The van der Waals surface area contributed by atoms with Gasteiger partial charge in [0.25, 0.3) is 0 Å². The number of aromatic nitrogens is 2. The number of nitrogens with one attached hydrogen (secondary N) is 3. The molecule has 0 aliphatic heterocycles. The van der Waals surface area contributed by atoms with Gasteiger partial charge in [-0.2, -0.15) is 0 Å². The van der Waals surface area contributed by atoms with Gasteiger partial charge in [-0.15, -0.1) is 10.2 Å². The van der Waals surface area contributed by atoms with Gasteiger partial charge in [0.2, 0.25) is 11.0 Å². The molecule has 2 atom stereocenters. The number of hydrogen-bond donors (Lipinski definition) is 3. The van der Waals surface area contributed by atoms with Crippen molar-refractivity contribution in [1.82, 2.24) is 15.5 Å². The summed E-state index contributed by atoms with van der Waals surface area (Å²) >= 11 is 7.29. The zero-order chi connectivity index (χ0) is 24.0. The highest BCUT2D eigenvalue weighted by molar-refractivity contribution is 7.18. The molecule has 1 heterocycles. The predicted molar refractivity (Wildman–Crippen MR) is 135 cm³/mol. The van der Waals surface area contributed by atoms with Gasteiger partial charge in [0.15, 0.2) is 0 Å². The third kappa shape index (κ3) is 6.76. The monoisotopic (exact) mass is 485 g/mol. The number of anilines is 2. The quantitative estimate of drug-likeness (QED) is 0.356. The molecule has 33 heavy (non-hydrogen) atoms. The second-order valence-corrected chi connectivity index (χ2v) is 9.56. The summed E-state index contributed by atoms with van der Waals surface area (Å²) in [7, 11) is 0. The Labute approximate surface area is 203 Å². The minimum Gasteiger partial charge on any atom is -0.326 e. The minimum absolute atomic E-state index is 0.0839. The van der Waals surface area contributed by atoms with Gasteiger partial charge < -0.3 is 10.6 Å². The lowest BCUT2D eigenvalue weighted by Crippen LogP contribution is -2.49. The van der Waals surface area contributed by atoms with Crippen LogP contribution in [0.4, 0.5) is 15.6 Å². The van der Waals surface area contributed by atoms with Gasteiger partial charge in [-0.3, -0.25) is 10.1 Å². The van der Waals surface area contributed by atoms with Gasteiger partial charge >= 0.3 is 6.03 Å². The van der Waals surface area contributed by atoms with E-state index in [1.807, 2.05) is 50.2 Å². The number of carbonyl (C=O) groups is 2. The molecule has 0 fully saturated rings. The first-order valence-corrected chi connectivity index (χ1v) is 12.0. The number of rotatable bonds is 8. The van der Waals surface area contributed by atoms with E-state index in [9.17, 15) is 9.59 Å². The molecule has 0 saturated carbocycles. The first-order valence-electron chi connectivity index (χ1n) is 10.8. The van der Waals surface area contributed by atoms with Crippen molar-refractivity contribution < 1.29 is 9.59 Å². The number of amides is 3. The van der Waals surface area contributed by atoms with E-state index in [0.717, 1.165) is 5.56 Å². The van der Waals surface area contributed by atoms with Gasteiger partial charge in [0, 0.05) is 16.3 Å². The lowest BCUT2D eigenvalue weighted by molar-refractivity contribution is -0.119. The van der Waals surface area contributed by atoms with Crippen LogP contribution in [-0.2, 0) is 4.79 Å². The maximum Gasteiger partial charge on any atom is 0.319 e. The highest BCUT2D eigenvalue weighted by Gasteiger charge is 2.27. The number of hydrogen-bond acceptors (Lipinski definition) is 5. The number of urea groups is 1. The van der Waals surface area contributed by atoms with E-state index in [-0.39, 0.29) is 11.8 Å². The van der Waals surface area contributed by atoms with E-state index in [1.165, 1.54) is 16.9 Å². The predicted octanol–water partition coefficient (Wildman–Crippen LogP) is 6.16. The largest absolute Gasteiger partial charge is 0.326 e. The SMILES string of the molecule is CCC(C)C(NC(=O)Nc1ccc(C(C)C)cc1)C(=O)Nc1nnc(-c2cccc(Cl)c2)s1. The molecular weight excluding hydrogens is 458 g/mol. The van der Waals surface area contributed by atoms with Gasteiger partial charge in [-0.1, -0.05) is 81.3 Å².